The summed E-state index contributed by atoms with van der Waals surface area (Å²) in [5.74, 6) is 2.67. The number of nitrogens with one attached hydrogen (secondary N) is 2. The molecular formula is C15H28N4OS. The van der Waals surface area contributed by atoms with Gasteiger partial charge in [-0.2, -0.15) is 11.8 Å². The zero-order chi connectivity index (χ0) is 15.1. The number of aliphatic hydroxyl groups is 1. The molecule has 2 rings (SSSR count). The van der Waals surface area contributed by atoms with Crippen molar-refractivity contribution in [3.63, 3.8) is 0 Å². The fourth-order valence-electron chi connectivity index (χ4n) is 2.81. The van der Waals surface area contributed by atoms with Crippen molar-refractivity contribution in [2.24, 2.45) is 4.99 Å². The van der Waals surface area contributed by atoms with Crippen molar-refractivity contribution in [2.45, 2.75) is 30.9 Å². The topological polar surface area (TPSA) is 59.9 Å². The summed E-state index contributed by atoms with van der Waals surface area (Å²) in [6.07, 6.45) is 5.07. The number of thioether (sulfide) groups is 1. The van der Waals surface area contributed by atoms with E-state index in [0.29, 0.717) is 12.6 Å². The Balaban J connectivity index is 1.72. The highest BCUT2D eigenvalue weighted by Crippen LogP contribution is 2.26. The number of guanidine groups is 1. The molecule has 0 radical (unpaired) electrons. The normalized spacial score (nSPS) is 28.6. The van der Waals surface area contributed by atoms with Crippen LogP contribution in [0.4, 0.5) is 0 Å². The van der Waals surface area contributed by atoms with Crippen molar-refractivity contribution in [1.82, 2.24) is 15.5 Å². The molecule has 0 saturated carbocycles. The molecule has 2 heterocycles. The van der Waals surface area contributed by atoms with Crippen LogP contribution in [-0.2, 0) is 0 Å². The summed E-state index contributed by atoms with van der Waals surface area (Å²) in [7, 11) is 1.79. The molecule has 2 fully saturated rings. The highest BCUT2D eigenvalue weighted by Gasteiger charge is 2.31. The van der Waals surface area contributed by atoms with Gasteiger partial charge in [-0.3, -0.25) is 9.89 Å². The van der Waals surface area contributed by atoms with Gasteiger partial charge in [0.25, 0.3) is 0 Å². The van der Waals surface area contributed by atoms with E-state index in [0.717, 1.165) is 56.4 Å². The van der Waals surface area contributed by atoms with Crippen molar-refractivity contribution < 1.29 is 5.11 Å². The Morgan fingerprint density at radius 1 is 1.52 bits per heavy atom. The summed E-state index contributed by atoms with van der Waals surface area (Å²) in [6, 6.07) is 0.463. The van der Waals surface area contributed by atoms with E-state index in [1.807, 2.05) is 17.8 Å². The number of hydrogen-bond acceptors (Lipinski definition) is 4. The van der Waals surface area contributed by atoms with Gasteiger partial charge in [0, 0.05) is 45.0 Å². The summed E-state index contributed by atoms with van der Waals surface area (Å²) in [6.45, 7) is 7.54. The molecule has 0 aromatic carbocycles. The lowest BCUT2D eigenvalue weighted by Gasteiger charge is -2.33. The molecule has 0 aromatic heterocycles. The second-order valence-corrected chi connectivity index (χ2v) is 7.07. The van der Waals surface area contributed by atoms with Crippen LogP contribution in [0.1, 0.15) is 19.3 Å². The third-order valence-electron chi connectivity index (χ3n) is 4.21. The first-order valence-corrected chi connectivity index (χ1v) is 8.91. The van der Waals surface area contributed by atoms with Crippen molar-refractivity contribution in [1.29, 1.82) is 0 Å². The molecule has 0 amide bonds. The van der Waals surface area contributed by atoms with Crippen LogP contribution in [0.25, 0.3) is 0 Å². The molecule has 2 aliphatic rings. The van der Waals surface area contributed by atoms with Gasteiger partial charge in [0.1, 0.15) is 0 Å². The predicted octanol–water partition coefficient (Wildman–Crippen LogP) is 0.670. The van der Waals surface area contributed by atoms with Crippen LogP contribution in [0.15, 0.2) is 17.6 Å². The molecule has 2 aliphatic heterocycles. The van der Waals surface area contributed by atoms with Gasteiger partial charge >= 0.3 is 0 Å². The van der Waals surface area contributed by atoms with Crippen molar-refractivity contribution in [3.8, 4) is 0 Å². The largest absolute Gasteiger partial charge is 0.387 e. The van der Waals surface area contributed by atoms with E-state index >= 15 is 0 Å². The lowest BCUT2D eigenvalue weighted by atomic mass is 10.0. The number of likely N-dealkylation sites (tertiary alicyclic amines) is 1. The average molecular weight is 312 g/mol. The van der Waals surface area contributed by atoms with Crippen molar-refractivity contribution in [3.05, 3.63) is 12.7 Å². The third-order valence-corrected chi connectivity index (χ3v) is 5.44. The molecular weight excluding hydrogens is 284 g/mol. The first-order valence-electron chi connectivity index (χ1n) is 7.76. The number of aliphatic imine (C=N–C) groups is 1. The minimum Gasteiger partial charge on any atom is -0.387 e. The van der Waals surface area contributed by atoms with Crippen molar-refractivity contribution >= 4 is 17.7 Å². The minimum atomic E-state index is -0.574. The fourth-order valence-corrected chi connectivity index (χ4v) is 4.11. The first-order chi connectivity index (χ1) is 10.1. The molecule has 1 unspecified atom stereocenters. The molecule has 6 heteroatoms. The molecule has 1 atom stereocenters. The number of nitrogens with zero attached hydrogens (tertiary/aromatic N) is 2. The smallest absolute Gasteiger partial charge is 0.191 e. The van der Waals surface area contributed by atoms with Crippen LogP contribution in [-0.4, -0.2) is 72.3 Å². The molecule has 2 saturated heterocycles. The number of hydrogen-bond donors (Lipinski definition) is 3. The summed E-state index contributed by atoms with van der Waals surface area (Å²) in [4.78, 5) is 6.69. The van der Waals surface area contributed by atoms with Gasteiger partial charge in [-0.25, -0.2) is 0 Å². The van der Waals surface area contributed by atoms with Gasteiger partial charge in [0.2, 0.25) is 0 Å². The zero-order valence-electron chi connectivity index (χ0n) is 13.0. The maximum atomic E-state index is 10.4. The quantitative estimate of drug-likeness (QED) is 0.396. The van der Waals surface area contributed by atoms with Crippen LogP contribution >= 0.6 is 11.8 Å². The Kier molecular flexibility index (Phi) is 6.39. The standard InChI is InChI=1S/C15H28N4OS/c1-3-7-19-8-4-13(5-9-19)18-14(16-2)17-11-15(20)6-10-21-12-15/h3,13,20H,1,4-12H2,2H3,(H2,16,17,18). The monoisotopic (exact) mass is 312 g/mol. The molecule has 3 N–H and O–H groups in total. The number of rotatable bonds is 5. The second kappa shape index (κ2) is 8.06. The minimum absolute atomic E-state index is 0.463. The Bertz CT molecular complexity index is 361. The van der Waals surface area contributed by atoms with Gasteiger partial charge in [-0.15, -0.1) is 6.58 Å². The van der Waals surface area contributed by atoms with E-state index in [1.165, 1.54) is 0 Å². The third kappa shape index (κ3) is 5.20. The highest BCUT2D eigenvalue weighted by atomic mass is 32.2. The van der Waals surface area contributed by atoms with Crippen molar-refractivity contribution in [2.75, 3.05) is 44.7 Å². The SMILES string of the molecule is C=CCN1CCC(NC(=NC)NCC2(O)CCSC2)CC1. The lowest BCUT2D eigenvalue weighted by Crippen LogP contribution is -2.52. The molecule has 21 heavy (non-hydrogen) atoms. The summed E-state index contributed by atoms with van der Waals surface area (Å²) >= 11 is 1.82. The molecule has 5 nitrogen and oxygen atoms in total. The van der Waals surface area contributed by atoms with Gasteiger partial charge in [0.15, 0.2) is 5.96 Å². The molecule has 0 aliphatic carbocycles. The molecule has 0 aromatic rings. The first kappa shape index (κ1) is 16.6. The molecule has 120 valence electrons. The van der Waals surface area contributed by atoms with E-state index in [-0.39, 0.29) is 0 Å². The predicted molar refractivity (Wildman–Crippen MR) is 91.0 cm³/mol. The van der Waals surface area contributed by atoms with E-state index in [2.05, 4.69) is 27.1 Å². The van der Waals surface area contributed by atoms with Crippen LogP contribution in [0.5, 0.6) is 0 Å². The summed E-state index contributed by atoms with van der Waals surface area (Å²) < 4.78 is 0. The molecule has 0 spiro atoms. The highest BCUT2D eigenvalue weighted by molar-refractivity contribution is 7.99. The lowest BCUT2D eigenvalue weighted by molar-refractivity contribution is 0.0723. The van der Waals surface area contributed by atoms with Crippen LogP contribution in [0, 0.1) is 0 Å². The van der Waals surface area contributed by atoms with Crippen LogP contribution < -0.4 is 10.6 Å². The van der Waals surface area contributed by atoms with Gasteiger partial charge < -0.3 is 15.7 Å². The maximum Gasteiger partial charge on any atom is 0.191 e. The Hall–Kier alpha value is -0.720. The van der Waals surface area contributed by atoms with Gasteiger partial charge in [0.05, 0.1) is 5.60 Å². The summed E-state index contributed by atoms with van der Waals surface area (Å²) in [5.41, 5.74) is -0.574. The maximum absolute atomic E-state index is 10.4. The molecule has 0 bridgehead atoms. The summed E-state index contributed by atoms with van der Waals surface area (Å²) in [5, 5.41) is 17.1. The Morgan fingerprint density at radius 2 is 2.29 bits per heavy atom. The second-order valence-electron chi connectivity index (χ2n) is 5.96. The number of piperidine rings is 1. The van der Waals surface area contributed by atoms with Gasteiger partial charge in [-0.1, -0.05) is 6.08 Å². The Labute approximate surface area is 132 Å². The fraction of sp³-hybridized carbons (Fsp3) is 0.800. The van der Waals surface area contributed by atoms with E-state index in [4.69, 9.17) is 0 Å². The van der Waals surface area contributed by atoms with E-state index in [9.17, 15) is 5.11 Å². The average Bonchev–Trinajstić information content (AvgIpc) is 2.93. The van der Waals surface area contributed by atoms with Crippen LogP contribution in [0.2, 0.25) is 0 Å². The Morgan fingerprint density at radius 3 is 2.86 bits per heavy atom. The van der Waals surface area contributed by atoms with E-state index < -0.39 is 5.60 Å². The van der Waals surface area contributed by atoms with E-state index in [1.54, 1.807) is 7.05 Å². The van der Waals surface area contributed by atoms with Gasteiger partial charge in [-0.05, 0) is 25.0 Å². The zero-order valence-corrected chi connectivity index (χ0v) is 13.8. The van der Waals surface area contributed by atoms with Crippen LogP contribution in [0.3, 0.4) is 0 Å².